The van der Waals surface area contributed by atoms with Gasteiger partial charge in [-0.05, 0) is 143 Å². The summed E-state index contributed by atoms with van der Waals surface area (Å²) in [6.07, 6.45) is 32.6. The number of allylic oxidation sites excluding steroid dienone is 10. The Morgan fingerprint density at radius 1 is 0.529 bits per heavy atom. The molecule has 0 N–H and O–H groups in total. The first-order valence-corrected chi connectivity index (χ1v) is 18.7. The van der Waals surface area contributed by atoms with Crippen LogP contribution in [-0.4, -0.2) is 0 Å². The van der Waals surface area contributed by atoms with E-state index in [-0.39, 0.29) is 0 Å². The second-order valence-corrected chi connectivity index (χ2v) is 14.4. The lowest BCUT2D eigenvalue weighted by Crippen LogP contribution is -2.33. The van der Waals surface area contributed by atoms with Crippen LogP contribution >= 0.6 is 0 Å². The zero-order valence-electron chi connectivity index (χ0n) is 28.9. The third kappa shape index (κ3) is 5.12. The fourth-order valence-electron chi connectivity index (χ4n) is 9.11. The molecule has 0 spiro atoms. The summed E-state index contributed by atoms with van der Waals surface area (Å²) < 4.78 is 0. The van der Waals surface area contributed by atoms with Crippen LogP contribution in [0.1, 0.15) is 49.7 Å². The summed E-state index contributed by atoms with van der Waals surface area (Å²) in [5.74, 6) is 0.371. The van der Waals surface area contributed by atoms with Crippen LogP contribution in [0.5, 0.6) is 0 Å². The summed E-state index contributed by atoms with van der Waals surface area (Å²) in [7, 11) is 0. The van der Waals surface area contributed by atoms with Gasteiger partial charge >= 0.3 is 0 Å². The monoisotopic (exact) mass is 652 g/mol. The van der Waals surface area contributed by atoms with E-state index >= 15 is 0 Å². The molecule has 0 bridgehead atoms. The van der Waals surface area contributed by atoms with E-state index in [0.717, 1.165) is 38.5 Å². The molecule has 6 aromatic carbocycles. The Balaban J connectivity index is 1.28. The predicted octanol–water partition coefficient (Wildman–Crippen LogP) is 10.5. The molecular weight excluding hydrogens is 613 g/mol. The van der Waals surface area contributed by atoms with Gasteiger partial charge in [-0.1, -0.05) is 152 Å². The molecule has 0 nitrogen and oxygen atoms in total. The van der Waals surface area contributed by atoms with Gasteiger partial charge in [-0.3, -0.25) is 0 Å². The van der Waals surface area contributed by atoms with Crippen molar-refractivity contribution in [3.05, 3.63) is 177 Å². The molecule has 0 radical (unpaired) electrons. The van der Waals surface area contributed by atoms with Gasteiger partial charge in [0.15, 0.2) is 0 Å². The predicted molar refractivity (Wildman–Crippen MR) is 221 cm³/mol. The van der Waals surface area contributed by atoms with E-state index < -0.39 is 0 Å². The Hall–Kier alpha value is -5.72. The van der Waals surface area contributed by atoms with Gasteiger partial charge in [0.05, 0.1) is 0 Å². The van der Waals surface area contributed by atoms with Crippen molar-refractivity contribution >= 4 is 67.8 Å². The average Bonchev–Trinajstić information content (AvgIpc) is 3.46. The summed E-state index contributed by atoms with van der Waals surface area (Å²) in [5.41, 5.74) is 9.67. The SMILES string of the molecule is C1=CCC=c2ccc3cc4cccc(-c5c6c(c(C7=C(c8ccccc8)C=CC(C8=CCCC=C8)C7)c7ccccc57)=CCCC=6)c4cc3c2=C1. The molecule has 51 heavy (non-hydrogen) atoms. The van der Waals surface area contributed by atoms with Crippen molar-refractivity contribution < 1.29 is 0 Å². The second kappa shape index (κ2) is 12.6. The fourth-order valence-corrected chi connectivity index (χ4v) is 9.11. The summed E-state index contributed by atoms with van der Waals surface area (Å²) in [4.78, 5) is 0. The minimum absolute atomic E-state index is 0.371. The molecule has 244 valence electrons. The van der Waals surface area contributed by atoms with Gasteiger partial charge in [-0.2, -0.15) is 0 Å². The van der Waals surface area contributed by atoms with Gasteiger partial charge in [0.2, 0.25) is 0 Å². The first-order chi connectivity index (χ1) is 25.3. The molecule has 1 unspecified atom stereocenters. The summed E-state index contributed by atoms with van der Waals surface area (Å²) in [6, 6.07) is 36.7. The Bertz CT molecular complexity index is 2830. The van der Waals surface area contributed by atoms with E-state index in [4.69, 9.17) is 0 Å². The third-order valence-electron chi connectivity index (χ3n) is 11.5. The molecule has 6 aromatic rings. The molecule has 0 amide bonds. The molecule has 0 heteroatoms. The lowest BCUT2D eigenvalue weighted by molar-refractivity contribution is 0.784. The van der Waals surface area contributed by atoms with Crippen LogP contribution in [0.25, 0.3) is 78.9 Å². The Labute approximate surface area is 299 Å². The van der Waals surface area contributed by atoms with Crippen molar-refractivity contribution in [2.75, 3.05) is 0 Å². The maximum absolute atomic E-state index is 2.54. The Morgan fingerprint density at radius 2 is 1.31 bits per heavy atom. The lowest BCUT2D eigenvalue weighted by atomic mass is 9.76. The number of benzene rings is 6. The number of rotatable bonds is 4. The van der Waals surface area contributed by atoms with Gasteiger partial charge in [0, 0.05) is 5.92 Å². The standard InChI is InChI=1S/C51H40/c1-4-15-34(16-5-1)37-29-30-41(35-17-6-2-7-18-35)49(32-37)51-44-24-12-10-22-42(44)50(43-23-11-13-25-45(43)51)46-26-14-20-38-31-39-28-27-36-19-8-3-9-21-40(36)47(39)33-48(38)46/h2-4,6-7,9-10,12,14-31,33,37H,1,5,8,11,13,32H2. The maximum Gasteiger partial charge on any atom is 0.00588 e. The highest BCUT2D eigenvalue weighted by Gasteiger charge is 2.25. The van der Waals surface area contributed by atoms with Crippen LogP contribution in [-0.2, 0) is 0 Å². The molecule has 4 aliphatic rings. The van der Waals surface area contributed by atoms with Gasteiger partial charge in [-0.15, -0.1) is 0 Å². The molecule has 0 fully saturated rings. The molecule has 0 aromatic heterocycles. The first kappa shape index (κ1) is 30.1. The van der Waals surface area contributed by atoms with E-state index in [0.29, 0.717) is 5.92 Å². The van der Waals surface area contributed by atoms with E-state index in [1.807, 2.05) is 0 Å². The summed E-state index contributed by atoms with van der Waals surface area (Å²) in [5, 5.41) is 13.3. The van der Waals surface area contributed by atoms with Crippen molar-refractivity contribution in [1.82, 2.24) is 0 Å². The van der Waals surface area contributed by atoms with Crippen molar-refractivity contribution in [3.8, 4) is 11.1 Å². The quantitative estimate of drug-likeness (QED) is 0.166. The minimum atomic E-state index is 0.371. The van der Waals surface area contributed by atoms with E-state index in [1.54, 1.807) is 0 Å². The molecule has 0 saturated carbocycles. The molecule has 0 heterocycles. The van der Waals surface area contributed by atoms with E-state index in [1.165, 1.54) is 92.2 Å². The van der Waals surface area contributed by atoms with Crippen molar-refractivity contribution in [1.29, 1.82) is 0 Å². The molecule has 0 saturated heterocycles. The molecular formula is C51H40. The molecule has 4 aliphatic carbocycles. The molecule has 1 atom stereocenters. The topological polar surface area (TPSA) is 0 Å². The van der Waals surface area contributed by atoms with Gasteiger partial charge in [0.1, 0.15) is 0 Å². The van der Waals surface area contributed by atoms with Gasteiger partial charge < -0.3 is 0 Å². The summed E-state index contributed by atoms with van der Waals surface area (Å²) >= 11 is 0. The second-order valence-electron chi connectivity index (χ2n) is 14.4. The van der Waals surface area contributed by atoms with Crippen LogP contribution in [0.3, 0.4) is 0 Å². The first-order valence-electron chi connectivity index (χ1n) is 18.7. The van der Waals surface area contributed by atoms with Crippen molar-refractivity contribution in [2.45, 2.75) is 38.5 Å². The molecule has 0 aliphatic heterocycles. The maximum atomic E-state index is 2.54. The highest BCUT2D eigenvalue weighted by Crippen LogP contribution is 2.42. The zero-order chi connectivity index (χ0) is 33.7. The smallest absolute Gasteiger partial charge is 0.00588 e. The fraction of sp³-hybridized carbons (Fsp3) is 0.137. The summed E-state index contributed by atoms with van der Waals surface area (Å²) in [6.45, 7) is 0. The number of hydrogen-bond donors (Lipinski definition) is 0. The van der Waals surface area contributed by atoms with Gasteiger partial charge in [-0.25, -0.2) is 0 Å². The van der Waals surface area contributed by atoms with Crippen LogP contribution in [0.4, 0.5) is 0 Å². The highest BCUT2D eigenvalue weighted by molar-refractivity contribution is 6.13. The van der Waals surface area contributed by atoms with E-state index in [2.05, 4.69) is 164 Å². The van der Waals surface area contributed by atoms with Gasteiger partial charge in [0.25, 0.3) is 0 Å². The minimum Gasteiger partial charge on any atom is -0.0839 e. The third-order valence-corrected chi connectivity index (χ3v) is 11.5. The van der Waals surface area contributed by atoms with Crippen molar-refractivity contribution in [3.63, 3.8) is 0 Å². The Morgan fingerprint density at radius 3 is 2.16 bits per heavy atom. The van der Waals surface area contributed by atoms with Crippen molar-refractivity contribution in [2.24, 2.45) is 5.92 Å². The highest BCUT2D eigenvalue weighted by atomic mass is 14.3. The normalized spacial score (nSPS) is 18.0. The number of fused-ring (bicyclic) bond motifs is 6. The Kier molecular flexibility index (Phi) is 7.42. The van der Waals surface area contributed by atoms with Crippen LogP contribution < -0.4 is 20.9 Å². The zero-order valence-corrected chi connectivity index (χ0v) is 28.9. The average molecular weight is 653 g/mol. The largest absolute Gasteiger partial charge is 0.0839 e. The molecule has 10 rings (SSSR count). The number of hydrogen-bond acceptors (Lipinski definition) is 0. The van der Waals surface area contributed by atoms with Crippen LogP contribution in [0, 0.1) is 5.92 Å². The van der Waals surface area contributed by atoms with Crippen LogP contribution in [0.15, 0.2) is 145 Å². The van der Waals surface area contributed by atoms with Crippen LogP contribution in [0.2, 0.25) is 0 Å². The lowest BCUT2D eigenvalue weighted by Gasteiger charge is -2.28. The van der Waals surface area contributed by atoms with E-state index in [9.17, 15) is 0 Å².